The third kappa shape index (κ3) is 2.45. The Hall–Kier alpha value is -1.24. The van der Waals surface area contributed by atoms with Gasteiger partial charge in [0.1, 0.15) is 6.07 Å². The van der Waals surface area contributed by atoms with Gasteiger partial charge < -0.3 is 10.6 Å². The summed E-state index contributed by atoms with van der Waals surface area (Å²) in [5.41, 5.74) is 7.49. The van der Waals surface area contributed by atoms with Crippen molar-refractivity contribution in [2.75, 3.05) is 18.0 Å². The van der Waals surface area contributed by atoms with Crippen LogP contribution in [0.15, 0.2) is 18.2 Å². The molecular weight excluding hydrogens is 246 g/mol. The number of rotatable bonds is 2. The molecule has 0 amide bonds. The Kier molecular flexibility index (Phi) is 4.11. The predicted octanol–water partition coefficient (Wildman–Crippen LogP) is 2.78. The number of nitriles is 1. The van der Waals surface area contributed by atoms with E-state index in [0.29, 0.717) is 29.1 Å². The summed E-state index contributed by atoms with van der Waals surface area (Å²) in [5, 5.41) is 9.88. The van der Waals surface area contributed by atoms with Crippen LogP contribution in [-0.4, -0.2) is 19.1 Å². The largest absolute Gasteiger partial charge is 0.366 e. The molecular formula is C14H18ClN3. The molecule has 0 spiro atoms. The van der Waals surface area contributed by atoms with Crippen LogP contribution in [0.3, 0.4) is 0 Å². The zero-order chi connectivity index (χ0) is 13.1. The monoisotopic (exact) mass is 263 g/mol. The Morgan fingerprint density at radius 3 is 3.00 bits per heavy atom. The van der Waals surface area contributed by atoms with Gasteiger partial charge in [-0.2, -0.15) is 5.26 Å². The molecule has 1 saturated heterocycles. The summed E-state index contributed by atoms with van der Waals surface area (Å²) >= 11 is 6.05. The maximum absolute atomic E-state index is 9.21. The lowest BCUT2D eigenvalue weighted by molar-refractivity contribution is 0.350. The van der Waals surface area contributed by atoms with Crippen LogP contribution in [0, 0.1) is 17.2 Å². The van der Waals surface area contributed by atoms with Gasteiger partial charge in [-0.3, -0.25) is 0 Å². The van der Waals surface area contributed by atoms with E-state index in [1.54, 1.807) is 12.1 Å². The summed E-state index contributed by atoms with van der Waals surface area (Å²) in [6, 6.07) is 7.95. The van der Waals surface area contributed by atoms with E-state index in [-0.39, 0.29) is 0 Å². The van der Waals surface area contributed by atoms with E-state index in [0.717, 1.165) is 18.7 Å². The summed E-state index contributed by atoms with van der Waals surface area (Å²) in [6.07, 6.45) is 2.33. The summed E-state index contributed by atoms with van der Waals surface area (Å²) in [6.45, 7) is 3.78. The van der Waals surface area contributed by atoms with Crippen molar-refractivity contribution in [2.24, 2.45) is 11.7 Å². The summed E-state index contributed by atoms with van der Waals surface area (Å²) in [7, 11) is 0. The molecule has 1 aliphatic heterocycles. The molecule has 2 N–H and O–H groups in total. The highest BCUT2D eigenvalue weighted by Crippen LogP contribution is 2.32. The first-order chi connectivity index (χ1) is 8.67. The Morgan fingerprint density at radius 2 is 2.33 bits per heavy atom. The van der Waals surface area contributed by atoms with Gasteiger partial charge in [0.25, 0.3) is 0 Å². The quantitative estimate of drug-likeness (QED) is 0.893. The maximum Gasteiger partial charge on any atom is 0.101 e. The van der Waals surface area contributed by atoms with Gasteiger partial charge in [-0.05, 0) is 37.0 Å². The number of halogens is 1. The SMILES string of the molecule is CC1CCCN(c2cc(Cl)ccc2C#N)C1CN. The molecule has 1 heterocycles. The van der Waals surface area contributed by atoms with Crippen molar-refractivity contribution in [3.63, 3.8) is 0 Å². The summed E-state index contributed by atoms with van der Waals surface area (Å²) < 4.78 is 0. The Balaban J connectivity index is 2.40. The van der Waals surface area contributed by atoms with Crippen LogP contribution in [0.2, 0.25) is 5.02 Å². The highest BCUT2D eigenvalue weighted by Gasteiger charge is 2.28. The Morgan fingerprint density at radius 1 is 1.56 bits per heavy atom. The minimum atomic E-state index is 0.296. The second-order valence-corrected chi connectivity index (χ2v) is 5.33. The van der Waals surface area contributed by atoms with Crippen LogP contribution in [0.5, 0.6) is 0 Å². The van der Waals surface area contributed by atoms with Gasteiger partial charge in [0.2, 0.25) is 0 Å². The number of anilines is 1. The topological polar surface area (TPSA) is 53.0 Å². The van der Waals surface area contributed by atoms with Crippen LogP contribution in [0.4, 0.5) is 5.69 Å². The number of piperidine rings is 1. The molecule has 2 unspecified atom stereocenters. The molecule has 2 rings (SSSR count). The molecule has 1 aromatic rings. The fraction of sp³-hybridized carbons (Fsp3) is 0.500. The molecule has 2 atom stereocenters. The number of nitrogens with two attached hydrogens (primary N) is 1. The number of hydrogen-bond acceptors (Lipinski definition) is 3. The van der Waals surface area contributed by atoms with E-state index >= 15 is 0 Å². The molecule has 0 radical (unpaired) electrons. The van der Waals surface area contributed by atoms with E-state index in [1.165, 1.54) is 6.42 Å². The van der Waals surface area contributed by atoms with Gasteiger partial charge >= 0.3 is 0 Å². The smallest absolute Gasteiger partial charge is 0.101 e. The summed E-state index contributed by atoms with van der Waals surface area (Å²) in [5.74, 6) is 0.550. The first kappa shape index (κ1) is 13.2. The lowest BCUT2D eigenvalue weighted by Gasteiger charge is -2.41. The van der Waals surface area contributed by atoms with E-state index in [2.05, 4.69) is 17.9 Å². The van der Waals surface area contributed by atoms with Crippen molar-refractivity contribution in [3.8, 4) is 6.07 Å². The van der Waals surface area contributed by atoms with Gasteiger partial charge in [0.15, 0.2) is 0 Å². The third-order valence-corrected chi connectivity index (χ3v) is 3.98. The first-order valence-electron chi connectivity index (χ1n) is 6.33. The van der Waals surface area contributed by atoms with Crippen molar-refractivity contribution in [2.45, 2.75) is 25.8 Å². The molecule has 0 aliphatic carbocycles. The minimum absolute atomic E-state index is 0.296. The highest BCUT2D eigenvalue weighted by molar-refractivity contribution is 6.30. The minimum Gasteiger partial charge on any atom is -0.366 e. The zero-order valence-corrected chi connectivity index (χ0v) is 11.3. The standard InChI is InChI=1S/C14H18ClN3/c1-10-3-2-6-18(14(10)9-17)13-7-12(15)5-4-11(13)8-16/h4-5,7,10,14H,2-3,6,9,17H2,1H3. The normalized spacial score (nSPS) is 23.8. The van der Waals surface area contributed by atoms with Gasteiger partial charge in [0.05, 0.1) is 11.3 Å². The van der Waals surface area contributed by atoms with Crippen molar-refractivity contribution >= 4 is 17.3 Å². The van der Waals surface area contributed by atoms with E-state index in [4.69, 9.17) is 17.3 Å². The molecule has 0 saturated carbocycles. The molecule has 1 fully saturated rings. The van der Waals surface area contributed by atoms with Crippen molar-refractivity contribution in [1.82, 2.24) is 0 Å². The van der Waals surface area contributed by atoms with Gasteiger partial charge in [-0.25, -0.2) is 0 Å². The molecule has 1 aliphatic rings. The molecule has 18 heavy (non-hydrogen) atoms. The zero-order valence-electron chi connectivity index (χ0n) is 10.6. The van der Waals surface area contributed by atoms with Gasteiger partial charge in [0, 0.05) is 24.2 Å². The van der Waals surface area contributed by atoms with Gasteiger partial charge in [-0.1, -0.05) is 18.5 Å². The number of nitrogens with zero attached hydrogens (tertiary/aromatic N) is 2. The van der Waals surface area contributed by atoms with Crippen LogP contribution in [0.25, 0.3) is 0 Å². The Bertz CT molecular complexity index is 467. The fourth-order valence-electron chi connectivity index (χ4n) is 2.74. The fourth-order valence-corrected chi connectivity index (χ4v) is 2.91. The van der Waals surface area contributed by atoms with Gasteiger partial charge in [-0.15, -0.1) is 0 Å². The number of hydrogen-bond donors (Lipinski definition) is 1. The molecule has 0 aromatic heterocycles. The molecule has 4 heteroatoms. The van der Waals surface area contributed by atoms with E-state index < -0.39 is 0 Å². The van der Waals surface area contributed by atoms with Crippen LogP contribution in [-0.2, 0) is 0 Å². The first-order valence-corrected chi connectivity index (χ1v) is 6.71. The van der Waals surface area contributed by atoms with Crippen molar-refractivity contribution in [3.05, 3.63) is 28.8 Å². The lowest BCUT2D eigenvalue weighted by atomic mass is 9.90. The molecule has 0 bridgehead atoms. The van der Waals surface area contributed by atoms with Crippen molar-refractivity contribution < 1.29 is 0 Å². The van der Waals surface area contributed by atoms with Crippen LogP contribution < -0.4 is 10.6 Å². The van der Waals surface area contributed by atoms with Crippen LogP contribution >= 0.6 is 11.6 Å². The highest BCUT2D eigenvalue weighted by atomic mass is 35.5. The predicted molar refractivity (Wildman–Crippen MR) is 74.8 cm³/mol. The second kappa shape index (κ2) is 5.60. The molecule has 1 aromatic carbocycles. The Labute approximate surface area is 113 Å². The van der Waals surface area contributed by atoms with Crippen molar-refractivity contribution in [1.29, 1.82) is 5.26 Å². The molecule has 96 valence electrons. The average molecular weight is 264 g/mol. The third-order valence-electron chi connectivity index (χ3n) is 3.75. The average Bonchev–Trinajstić information content (AvgIpc) is 2.38. The number of benzene rings is 1. The van der Waals surface area contributed by atoms with Crippen LogP contribution in [0.1, 0.15) is 25.3 Å². The van der Waals surface area contributed by atoms with E-state index in [9.17, 15) is 5.26 Å². The summed E-state index contributed by atoms with van der Waals surface area (Å²) in [4.78, 5) is 2.25. The van der Waals surface area contributed by atoms with E-state index in [1.807, 2.05) is 6.07 Å². The second-order valence-electron chi connectivity index (χ2n) is 4.89. The lowest BCUT2D eigenvalue weighted by Crippen LogP contribution is -2.49. The molecule has 3 nitrogen and oxygen atoms in total. The maximum atomic E-state index is 9.21.